The van der Waals surface area contributed by atoms with Crippen molar-refractivity contribution in [3.63, 3.8) is 0 Å². The van der Waals surface area contributed by atoms with Gasteiger partial charge in [0.15, 0.2) is 0 Å². The predicted octanol–water partition coefficient (Wildman–Crippen LogP) is 1.85. The van der Waals surface area contributed by atoms with E-state index in [9.17, 15) is 9.59 Å². The summed E-state index contributed by atoms with van der Waals surface area (Å²) in [7, 11) is 3.96. The number of nitrogens with one attached hydrogen (secondary N) is 1. The van der Waals surface area contributed by atoms with Gasteiger partial charge in [-0.2, -0.15) is 11.3 Å². The van der Waals surface area contributed by atoms with Gasteiger partial charge < -0.3 is 15.1 Å². The van der Waals surface area contributed by atoms with Crippen molar-refractivity contribution in [3.8, 4) is 0 Å². The van der Waals surface area contributed by atoms with Gasteiger partial charge >= 0.3 is 0 Å². The van der Waals surface area contributed by atoms with E-state index in [-0.39, 0.29) is 18.2 Å². The van der Waals surface area contributed by atoms with E-state index >= 15 is 0 Å². The second-order valence-corrected chi connectivity index (χ2v) is 6.78. The quantitative estimate of drug-likeness (QED) is 0.741. The molecule has 2 rings (SSSR count). The summed E-state index contributed by atoms with van der Waals surface area (Å²) >= 11 is 1.48. The zero-order chi connectivity index (χ0) is 18.1. The molecule has 0 aromatic carbocycles. The van der Waals surface area contributed by atoms with Crippen LogP contribution >= 0.6 is 11.3 Å². The lowest BCUT2D eigenvalue weighted by Gasteiger charge is -2.24. The maximum absolute atomic E-state index is 12.6. The Labute approximate surface area is 152 Å². The van der Waals surface area contributed by atoms with Gasteiger partial charge in [-0.05, 0) is 37.2 Å². The Hall–Kier alpha value is -2.25. The van der Waals surface area contributed by atoms with E-state index in [0.29, 0.717) is 25.2 Å². The van der Waals surface area contributed by atoms with Crippen molar-refractivity contribution in [1.29, 1.82) is 0 Å². The fourth-order valence-corrected chi connectivity index (χ4v) is 2.90. The molecule has 2 aromatic rings. The topological polar surface area (TPSA) is 65.5 Å². The Balaban J connectivity index is 1.86. The lowest BCUT2D eigenvalue weighted by molar-refractivity contribution is -0.131. The number of nitrogens with zero attached hydrogens (tertiary/aromatic N) is 3. The molecule has 0 aliphatic carbocycles. The van der Waals surface area contributed by atoms with Gasteiger partial charge in [0.05, 0.1) is 0 Å². The highest BCUT2D eigenvalue weighted by Gasteiger charge is 2.15. The summed E-state index contributed by atoms with van der Waals surface area (Å²) in [4.78, 5) is 32.4. The molecule has 0 radical (unpaired) electrons. The fourth-order valence-electron chi connectivity index (χ4n) is 2.26. The second kappa shape index (κ2) is 9.90. The van der Waals surface area contributed by atoms with Crippen LogP contribution in [-0.4, -0.2) is 60.3 Å². The molecule has 7 heteroatoms. The molecule has 0 atom stereocenters. The van der Waals surface area contributed by atoms with E-state index in [4.69, 9.17) is 0 Å². The monoisotopic (exact) mass is 360 g/mol. The Morgan fingerprint density at radius 2 is 2.08 bits per heavy atom. The van der Waals surface area contributed by atoms with E-state index in [1.165, 1.54) is 11.3 Å². The minimum absolute atomic E-state index is 0.0244. The van der Waals surface area contributed by atoms with Crippen LogP contribution in [0.5, 0.6) is 0 Å². The molecule has 0 saturated heterocycles. The van der Waals surface area contributed by atoms with Crippen molar-refractivity contribution in [2.45, 2.75) is 13.0 Å². The molecule has 6 nitrogen and oxygen atoms in total. The number of hydrogen-bond donors (Lipinski definition) is 1. The van der Waals surface area contributed by atoms with Gasteiger partial charge in [0, 0.05) is 55.9 Å². The van der Waals surface area contributed by atoms with Crippen LogP contribution in [0, 0.1) is 0 Å². The van der Waals surface area contributed by atoms with Crippen molar-refractivity contribution in [1.82, 2.24) is 20.1 Å². The highest BCUT2D eigenvalue weighted by atomic mass is 32.1. The molecule has 0 aliphatic rings. The highest BCUT2D eigenvalue weighted by molar-refractivity contribution is 7.08. The standard InChI is InChI=1S/C18H24N4O2S/c1-21(2)9-10-22(13-15-4-3-7-19-12-15)17(23)5-8-20-18(24)16-6-11-25-14-16/h3-4,6-7,11-12,14H,5,8-10,13H2,1-2H3,(H,20,24). The van der Waals surface area contributed by atoms with Crippen LogP contribution in [0.1, 0.15) is 22.3 Å². The molecule has 0 saturated carbocycles. The van der Waals surface area contributed by atoms with Crippen LogP contribution in [0.3, 0.4) is 0 Å². The number of carbonyl (C=O) groups excluding carboxylic acids is 2. The van der Waals surface area contributed by atoms with Crippen LogP contribution < -0.4 is 5.32 Å². The molecule has 25 heavy (non-hydrogen) atoms. The molecule has 0 fully saturated rings. The lowest BCUT2D eigenvalue weighted by Crippen LogP contribution is -2.38. The van der Waals surface area contributed by atoms with Crippen molar-refractivity contribution in [2.24, 2.45) is 0 Å². The van der Waals surface area contributed by atoms with Gasteiger partial charge in [-0.1, -0.05) is 6.07 Å². The first-order valence-electron chi connectivity index (χ1n) is 8.18. The van der Waals surface area contributed by atoms with Crippen molar-refractivity contribution in [3.05, 3.63) is 52.5 Å². The van der Waals surface area contributed by atoms with Crippen LogP contribution in [-0.2, 0) is 11.3 Å². The first-order valence-corrected chi connectivity index (χ1v) is 9.12. The largest absolute Gasteiger partial charge is 0.351 e. The van der Waals surface area contributed by atoms with Crippen LogP contribution in [0.4, 0.5) is 0 Å². The Bertz CT molecular complexity index is 659. The normalized spacial score (nSPS) is 10.7. The summed E-state index contributed by atoms with van der Waals surface area (Å²) in [5, 5.41) is 6.45. The van der Waals surface area contributed by atoms with Crippen molar-refractivity contribution in [2.75, 3.05) is 33.7 Å². The lowest BCUT2D eigenvalue weighted by atomic mass is 10.2. The van der Waals surface area contributed by atoms with Gasteiger partial charge in [-0.25, -0.2) is 0 Å². The smallest absolute Gasteiger partial charge is 0.252 e. The molecule has 0 aliphatic heterocycles. The molecular weight excluding hydrogens is 336 g/mol. The van der Waals surface area contributed by atoms with Crippen molar-refractivity contribution >= 4 is 23.2 Å². The SMILES string of the molecule is CN(C)CCN(Cc1cccnc1)C(=O)CCNC(=O)c1ccsc1. The van der Waals surface area contributed by atoms with E-state index in [1.807, 2.05) is 41.4 Å². The molecule has 134 valence electrons. The maximum Gasteiger partial charge on any atom is 0.252 e. The van der Waals surface area contributed by atoms with Crippen LogP contribution in [0.15, 0.2) is 41.4 Å². The minimum atomic E-state index is -0.138. The molecule has 0 bridgehead atoms. The number of pyridine rings is 1. The summed E-state index contributed by atoms with van der Waals surface area (Å²) in [5.74, 6) is -0.113. The molecule has 1 N–H and O–H groups in total. The molecule has 2 aromatic heterocycles. The fraction of sp³-hybridized carbons (Fsp3) is 0.389. The number of aromatic nitrogens is 1. The average Bonchev–Trinajstić information content (AvgIpc) is 3.13. The van der Waals surface area contributed by atoms with Crippen LogP contribution in [0.2, 0.25) is 0 Å². The molecule has 0 spiro atoms. The van der Waals surface area contributed by atoms with Gasteiger partial charge in [0.1, 0.15) is 0 Å². The van der Waals surface area contributed by atoms with E-state index < -0.39 is 0 Å². The van der Waals surface area contributed by atoms with E-state index in [0.717, 1.165) is 12.1 Å². The maximum atomic E-state index is 12.6. The Morgan fingerprint density at radius 1 is 1.24 bits per heavy atom. The summed E-state index contributed by atoms with van der Waals surface area (Å²) in [6.45, 7) is 2.28. The number of thiophene rings is 1. The third kappa shape index (κ3) is 6.64. The first-order chi connectivity index (χ1) is 12.1. The number of likely N-dealkylation sites (N-methyl/N-ethyl adjacent to an activating group) is 1. The predicted molar refractivity (Wildman–Crippen MR) is 99.5 cm³/mol. The van der Waals surface area contributed by atoms with Gasteiger partial charge in [0.25, 0.3) is 5.91 Å². The number of carbonyl (C=O) groups is 2. The zero-order valence-corrected chi connectivity index (χ0v) is 15.5. The minimum Gasteiger partial charge on any atom is -0.351 e. The third-order valence-electron chi connectivity index (χ3n) is 3.67. The van der Waals surface area contributed by atoms with Gasteiger partial charge in [-0.3, -0.25) is 14.6 Å². The Kier molecular flexibility index (Phi) is 7.56. The van der Waals surface area contributed by atoms with Gasteiger partial charge in [0.2, 0.25) is 5.91 Å². The first kappa shape index (κ1) is 19.1. The van der Waals surface area contributed by atoms with E-state index in [2.05, 4.69) is 10.3 Å². The molecular formula is C18H24N4O2S. The van der Waals surface area contributed by atoms with Crippen LogP contribution in [0.25, 0.3) is 0 Å². The third-order valence-corrected chi connectivity index (χ3v) is 4.36. The average molecular weight is 360 g/mol. The number of hydrogen-bond acceptors (Lipinski definition) is 5. The van der Waals surface area contributed by atoms with Gasteiger partial charge in [-0.15, -0.1) is 0 Å². The highest BCUT2D eigenvalue weighted by Crippen LogP contribution is 2.07. The molecule has 2 amide bonds. The Morgan fingerprint density at radius 3 is 2.72 bits per heavy atom. The summed E-state index contributed by atoms with van der Waals surface area (Å²) in [6.07, 6.45) is 3.77. The number of rotatable bonds is 9. The second-order valence-electron chi connectivity index (χ2n) is 6.00. The summed E-state index contributed by atoms with van der Waals surface area (Å²) in [5.41, 5.74) is 1.63. The summed E-state index contributed by atoms with van der Waals surface area (Å²) < 4.78 is 0. The van der Waals surface area contributed by atoms with E-state index in [1.54, 1.807) is 23.8 Å². The van der Waals surface area contributed by atoms with Crippen molar-refractivity contribution < 1.29 is 9.59 Å². The zero-order valence-electron chi connectivity index (χ0n) is 14.6. The number of amides is 2. The molecule has 0 unspecified atom stereocenters. The summed E-state index contributed by atoms with van der Waals surface area (Å²) in [6, 6.07) is 5.60. The molecule has 2 heterocycles.